The van der Waals surface area contributed by atoms with E-state index in [1.165, 1.54) is 30.1 Å². The molecule has 0 aliphatic carbocycles. The Morgan fingerprint density at radius 2 is 1.60 bits per heavy atom. The lowest BCUT2D eigenvalue weighted by Gasteiger charge is -2.21. The van der Waals surface area contributed by atoms with Gasteiger partial charge in [0.05, 0.1) is 5.56 Å². The molecule has 0 saturated carbocycles. The molecule has 1 aliphatic heterocycles. The van der Waals surface area contributed by atoms with Gasteiger partial charge >= 0.3 is 10.1 Å². The van der Waals surface area contributed by atoms with Crippen LogP contribution >= 0.6 is 0 Å². The van der Waals surface area contributed by atoms with Crippen molar-refractivity contribution in [2.45, 2.75) is 25.0 Å². The number of rotatable bonds is 5. The minimum atomic E-state index is -4.11. The van der Waals surface area contributed by atoms with Gasteiger partial charge in [0.15, 0.2) is 5.75 Å². The summed E-state index contributed by atoms with van der Waals surface area (Å²) < 4.78 is 37.5. The van der Waals surface area contributed by atoms with Crippen molar-refractivity contribution in [2.24, 2.45) is 5.10 Å². The number of fused-ring (bicyclic) bond motifs is 1. The first-order valence-corrected chi connectivity index (χ1v) is 12.4. The molecule has 0 saturated heterocycles. The molecule has 0 bridgehead atoms. The second-order valence-electron chi connectivity index (χ2n) is 8.19. The molecule has 0 aromatic heterocycles. The van der Waals surface area contributed by atoms with E-state index in [-0.39, 0.29) is 22.4 Å². The molecule has 176 valence electrons. The third-order valence-electron chi connectivity index (χ3n) is 5.66. The van der Waals surface area contributed by atoms with E-state index in [1.807, 2.05) is 49.4 Å². The van der Waals surface area contributed by atoms with Crippen LogP contribution in [0.4, 0.5) is 0 Å². The SMILES string of the molecule is CC(=O)N1N=C(c2ccc3ccccc3c2)O[C@H]1c1ccccc1OS(=O)(=O)c1ccc(C)cc1. The number of aryl methyl sites for hydroxylation is 1. The lowest BCUT2D eigenvalue weighted by molar-refractivity contribution is -0.135. The van der Waals surface area contributed by atoms with E-state index < -0.39 is 16.3 Å². The van der Waals surface area contributed by atoms with E-state index in [0.29, 0.717) is 11.1 Å². The third-order valence-corrected chi connectivity index (χ3v) is 6.91. The van der Waals surface area contributed by atoms with Crippen molar-refractivity contribution >= 4 is 32.7 Å². The van der Waals surface area contributed by atoms with Gasteiger partial charge in [-0.05, 0) is 54.1 Å². The van der Waals surface area contributed by atoms with E-state index in [9.17, 15) is 13.2 Å². The molecule has 4 aromatic carbocycles. The third kappa shape index (κ3) is 4.48. The number of hydrazone groups is 1. The highest BCUT2D eigenvalue weighted by molar-refractivity contribution is 7.87. The van der Waals surface area contributed by atoms with Gasteiger partial charge in [-0.15, -0.1) is 5.10 Å². The number of benzene rings is 4. The normalized spacial score (nSPS) is 15.5. The minimum Gasteiger partial charge on any atom is -0.446 e. The fourth-order valence-electron chi connectivity index (χ4n) is 3.84. The maximum absolute atomic E-state index is 12.9. The summed E-state index contributed by atoms with van der Waals surface area (Å²) in [6.45, 7) is 3.24. The fourth-order valence-corrected chi connectivity index (χ4v) is 4.79. The van der Waals surface area contributed by atoms with Crippen molar-refractivity contribution in [3.8, 4) is 5.75 Å². The minimum absolute atomic E-state index is 0.0294. The predicted molar refractivity (Wildman–Crippen MR) is 132 cm³/mol. The first kappa shape index (κ1) is 22.6. The van der Waals surface area contributed by atoms with Crippen LogP contribution in [0.25, 0.3) is 10.8 Å². The van der Waals surface area contributed by atoms with E-state index >= 15 is 0 Å². The van der Waals surface area contributed by atoms with Gasteiger partial charge in [-0.1, -0.05) is 60.2 Å². The molecule has 5 rings (SSSR count). The molecule has 0 unspecified atom stereocenters. The maximum Gasteiger partial charge on any atom is 0.339 e. The Morgan fingerprint density at radius 3 is 2.34 bits per heavy atom. The van der Waals surface area contributed by atoms with Crippen molar-refractivity contribution in [2.75, 3.05) is 0 Å². The summed E-state index contributed by atoms with van der Waals surface area (Å²) in [6, 6.07) is 26.6. The van der Waals surface area contributed by atoms with E-state index in [2.05, 4.69) is 5.10 Å². The Morgan fingerprint density at radius 1 is 0.914 bits per heavy atom. The van der Waals surface area contributed by atoms with E-state index in [1.54, 1.807) is 30.3 Å². The quantitative estimate of drug-likeness (QED) is 0.364. The van der Waals surface area contributed by atoms with Gasteiger partial charge in [0.2, 0.25) is 18.0 Å². The topological polar surface area (TPSA) is 85.3 Å². The van der Waals surface area contributed by atoms with Gasteiger partial charge in [0, 0.05) is 12.5 Å². The van der Waals surface area contributed by atoms with Crippen LogP contribution in [0.5, 0.6) is 5.75 Å². The number of carbonyl (C=O) groups excluding carboxylic acids is 1. The number of nitrogens with zero attached hydrogens (tertiary/aromatic N) is 2. The Kier molecular flexibility index (Phi) is 5.74. The second kappa shape index (κ2) is 8.88. The highest BCUT2D eigenvalue weighted by Gasteiger charge is 2.36. The van der Waals surface area contributed by atoms with Crippen LogP contribution in [-0.4, -0.2) is 25.2 Å². The van der Waals surface area contributed by atoms with Gasteiger partial charge in [0.1, 0.15) is 4.90 Å². The lowest BCUT2D eigenvalue weighted by atomic mass is 10.1. The smallest absolute Gasteiger partial charge is 0.339 e. The number of amides is 1. The molecular weight excluding hydrogens is 464 g/mol. The number of hydrogen-bond acceptors (Lipinski definition) is 6. The molecule has 0 N–H and O–H groups in total. The van der Waals surface area contributed by atoms with Crippen LogP contribution in [0.2, 0.25) is 0 Å². The van der Waals surface area contributed by atoms with Gasteiger partial charge in [-0.25, -0.2) is 0 Å². The number of ether oxygens (including phenoxy) is 1. The van der Waals surface area contributed by atoms with Crippen LogP contribution in [-0.2, 0) is 19.6 Å². The Bertz CT molecular complexity index is 1560. The molecule has 35 heavy (non-hydrogen) atoms. The van der Waals surface area contributed by atoms with Crippen LogP contribution < -0.4 is 4.18 Å². The predicted octanol–water partition coefficient (Wildman–Crippen LogP) is 5.16. The summed E-state index contributed by atoms with van der Waals surface area (Å²) in [5, 5.41) is 7.65. The molecule has 0 spiro atoms. The molecule has 1 atom stereocenters. The Hall–Kier alpha value is -4.17. The first-order valence-electron chi connectivity index (χ1n) is 11.0. The standard InChI is InChI=1S/C27H22N2O5S/c1-18-11-15-23(16-12-18)35(31,32)34-25-10-6-5-9-24(25)27-29(19(2)30)28-26(33-27)22-14-13-20-7-3-4-8-21(20)17-22/h3-17,27H,1-2H3/t27-/m0/s1. The van der Waals surface area contributed by atoms with E-state index in [0.717, 1.165) is 16.3 Å². The monoisotopic (exact) mass is 486 g/mol. The van der Waals surface area contributed by atoms with E-state index in [4.69, 9.17) is 8.92 Å². The highest BCUT2D eigenvalue weighted by Crippen LogP contribution is 2.37. The summed E-state index contributed by atoms with van der Waals surface area (Å²) >= 11 is 0. The van der Waals surface area contributed by atoms with Crippen molar-refractivity contribution < 1.29 is 22.1 Å². The molecule has 1 aliphatic rings. The molecule has 7 nitrogen and oxygen atoms in total. The van der Waals surface area contributed by atoms with Gasteiger partial charge in [-0.3, -0.25) is 4.79 Å². The average Bonchev–Trinajstić information content (AvgIpc) is 3.30. The molecule has 0 fully saturated rings. The van der Waals surface area contributed by atoms with Crippen LogP contribution in [0.1, 0.15) is 29.8 Å². The summed E-state index contributed by atoms with van der Waals surface area (Å²) in [6.07, 6.45) is -0.988. The number of para-hydroxylation sites is 1. The largest absolute Gasteiger partial charge is 0.446 e. The zero-order chi connectivity index (χ0) is 24.6. The average molecular weight is 487 g/mol. The Labute approximate surface area is 203 Å². The van der Waals surface area contributed by atoms with Crippen molar-refractivity contribution in [3.05, 3.63) is 108 Å². The summed E-state index contributed by atoms with van der Waals surface area (Å²) in [4.78, 5) is 12.5. The number of hydrogen-bond donors (Lipinski definition) is 0. The molecule has 8 heteroatoms. The van der Waals surface area contributed by atoms with Crippen molar-refractivity contribution in [1.29, 1.82) is 0 Å². The van der Waals surface area contributed by atoms with Gasteiger partial charge in [0.25, 0.3) is 0 Å². The summed E-state index contributed by atoms with van der Waals surface area (Å²) in [7, 11) is -4.11. The molecular formula is C27H22N2O5S. The molecule has 4 aromatic rings. The number of carbonyl (C=O) groups is 1. The molecule has 1 amide bonds. The highest BCUT2D eigenvalue weighted by atomic mass is 32.2. The van der Waals surface area contributed by atoms with Crippen LogP contribution in [0, 0.1) is 6.92 Å². The molecule has 1 heterocycles. The maximum atomic E-state index is 12.9. The van der Waals surface area contributed by atoms with Gasteiger partial charge in [-0.2, -0.15) is 13.4 Å². The van der Waals surface area contributed by atoms with Crippen LogP contribution in [0.3, 0.4) is 0 Å². The second-order valence-corrected chi connectivity index (χ2v) is 9.74. The fraction of sp³-hybridized carbons (Fsp3) is 0.111. The van der Waals surface area contributed by atoms with Crippen LogP contribution in [0.15, 0.2) is 101 Å². The van der Waals surface area contributed by atoms with Crippen molar-refractivity contribution in [3.63, 3.8) is 0 Å². The zero-order valence-electron chi connectivity index (χ0n) is 19.1. The summed E-state index contributed by atoms with van der Waals surface area (Å²) in [5.41, 5.74) is 1.99. The summed E-state index contributed by atoms with van der Waals surface area (Å²) in [5.74, 6) is -0.0478. The zero-order valence-corrected chi connectivity index (χ0v) is 19.9. The van der Waals surface area contributed by atoms with Crippen molar-refractivity contribution in [1.82, 2.24) is 5.01 Å². The molecule has 0 radical (unpaired) electrons. The first-order chi connectivity index (χ1) is 16.8. The lowest BCUT2D eigenvalue weighted by Crippen LogP contribution is -2.26. The van der Waals surface area contributed by atoms with Gasteiger partial charge < -0.3 is 8.92 Å². The Balaban J connectivity index is 1.49.